The number of carbonyl (C=O) groups is 1. The Morgan fingerprint density at radius 2 is 1.79 bits per heavy atom. The lowest BCUT2D eigenvalue weighted by molar-refractivity contribution is -0.120. The van der Waals surface area contributed by atoms with Gasteiger partial charge in [0.25, 0.3) is 5.91 Å². The number of para-hydroxylation sites is 1. The zero-order valence-electron chi connectivity index (χ0n) is 13.6. The summed E-state index contributed by atoms with van der Waals surface area (Å²) < 4.78 is 5.76. The van der Waals surface area contributed by atoms with E-state index in [1.54, 1.807) is 0 Å². The lowest BCUT2D eigenvalue weighted by Gasteiger charge is -2.22. The topological polar surface area (TPSA) is 29.5 Å². The number of benzene rings is 3. The average molecular weight is 317 g/mol. The van der Waals surface area contributed by atoms with Gasteiger partial charge in [-0.25, -0.2) is 0 Å². The zero-order valence-corrected chi connectivity index (χ0v) is 13.6. The summed E-state index contributed by atoms with van der Waals surface area (Å²) in [5.74, 6) is 0.725. The molecule has 3 heteroatoms. The minimum atomic E-state index is 0.000564. The van der Waals surface area contributed by atoms with Crippen molar-refractivity contribution in [3.63, 3.8) is 0 Å². The third-order valence-electron chi connectivity index (χ3n) is 4.56. The summed E-state index contributed by atoms with van der Waals surface area (Å²) in [5.41, 5.74) is 2.24. The minimum absolute atomic E-state index is 0.000564. The van der Waals surface area contributed by atoms with Gasteiger partial charge in [0.2, 0.25) is 0 Å². The summed E-state index contributed by atoms with van der Waals surface area (Å²) in [6.07, 6.45) is 0.901. The number of nitrogens with zero attached hydrogens (tertiary/aromatic N) is 1. The first-order valence-electron chi connectivity index (χ1n) is 8.24. The van der Waals surface area contributed by atoms with Crippen LogP contribution in [-0.4, -0.2) is 18.6 Å². The van der Waals surface area contributed by atoms with E-state index in [1.807, 2.05) is 59.5 Å². The van der Waals surface area contributed by atoms with Gasteiger partial charge in [0.05, 0.1) is 0 Å². The first kappa shape index (κ1) is 14.8. The summed E-state index contributed by atoms with van der Waals surface area (Å²) in [5, 5.41) is 2.28. The number of hydrogen-bond donors (Lipinski definition) is 0. The maximum absolute atomic E-state index is 12.7. The van der Waals surface area contributed by atoms with Gasteiger partial charge in [-0.15, -0.1) is 0 Å². The second-order valence-electron chi connectivity index (χ2n) is 6.24. The Balaban J connectivity index is 1.50. The van der Waals surface area contributed by atoms with E-state index in [9.17, 15) is 4.79 Å². The molecule has 0 bridgehead atoms. The Hall–Kier alpha value is -2.81. The highest BCUT2D eigenvalue weighted by Crippen LogP contribution is 2.32. The third-order valence-corrected chi connectivity index (χ3v) is 4.56. The van der Waals surface area contributed by atoms with E-state index in [1.165, 1.54) is 10.9 Å². The van der Waals surface area contributed by atoms with Gasteiger partial charge in [0.15, 0.2) is 6.61 Å². The molecule has 120 valence electrons. The van der Waals surface area contributed by atoms with E-state index >= 15 is 0 Å². The Morgan fingerprint density at radius 3 is 2.67 bits per heavy atom. The Labute approximate surface area is 141 Å². The SMILES string of the molecule is CC1Cc2ccccc2N1C(=O)COc1ccc2ccccc2c1. The van der Waals surface area contributed by atoms with E-state index in [0.29, 0.717) is 0 Å². The first-order valence-corrected chi connectivity index (χ1v) is 8.24. The van der Waals surface area contributed by atoms with E-state index in [0.717, 1.165) is 23.2 Å². The molecule has 1 atom stereocenters. The van der Waals surface area contributed by atoms with Crippen LogP contribution in [-0.2, 0) is 11.2 Å². The molecule has 4 rings (SSSR count). The summed E-state index contributed by atoms with van der Waals surface area (Å²) in [6, 6.07) is 22.3. The minimum Gasteiger partial charge on any atom is -0.484 e. The van der Waals surface area contributed by atoms with Crippen molar-refractivity contribution in [2.24, 2.45) is 0 Å². The highest BCUT2D eigenvalue weighted by Gasteiger charge is 2.30. The lowest BCUT2D eigenvalue weighted by atomic mass is 10.1. The van der Waals surface area contributed by atoms with Gasteiger partial charge >= 0.3 is 0 Å². The fourth-order valence-electron chi connectivity index (χ4n) is 3.42. The molecule has 1 heterocycles. The predicted octanol–water partition coefficient (Wildman–Crippen LogP) is 4.20. The molecule has 0 N–H and O–H groups in total. The summed E-state index contributed by atoms with van der Waals surface area (Å²) >= 11 is 0. The molecule has 24 heavy (non-hydrogen) atoms. The first-order chi connectivity index (χ1) is 11.7. The van der Waals surface area contributed by atoms with Crippen molar-refractivity contribution < 1.29 is 9.53 Å². The molecular formula is C21H19NO2. The Morgan fingerprint density at radius 1 is 1.04 bits per heavy atom. The van der Waals surface area contributed by atoms with Crippen molar-refractivity contribution in [2.75, 3.05) is 11.5 Å². The maximum Gasteiger partial charge on any atom is 0.265 e. The fraction of sp³-hybridized carbons (Fsp3) is 0.190. The van der Waals surface area contributed by atoms with Gasteiger partial charge in [-0.3, -0.25) is 4.79 Å². The monoisotopic (exact) mass is 317 g/mol. The number of ether oxygens (including phenoxy) is 1. The van der Waals surface area contributed by atoms with Crippen LogP contribution in [0.15, 0.2) is 66.7 Å². The summed E-state index contributed by atoms with van der Waals surface area (Å²) in [6.45, 7) is 2.13. The van der Waals surface area contributed by atoms with Crippen molar-refractivity contribution in [3.8, 4) is 5.75 Å². The van der Waals surface area contributed by atoms with E-state index in [4.69, 9.17) is 4.74 Å². The van der Waals surface area contributed by atoms with E-state index < -0.39 is 0 Å². The number of rotatable bonds is 3. The number of carbonyl (C=O) groups excluding carboxylic acids is 1. The van der Waals surface area contributed by atoms with Crippen molar-refractivity contribution in [3.05, 3.63) is 72.3 Å². The zero-order chi connectivity index (χ0) is 16.5. The van der Waals surface area contributed by atoms with Crippen LogP contribution in [0, 0.1) is 0 Å². The number of hydrogen-bond acceptors (Lipinski definition) is 2. The van der Waals surface area contributed by atoms with Crippen LogP contribution >= 0.6 is 0 Å². The molecule has 0 radical (unpaired) electrons. The van der Waals surface area contributed by atoms with Gasteiger partial charge in [0.1, 0.15) is 5.75 Å². The molecule has 0 spiro atoms. The van der Waals surface area contributed by atoms with E-state index in [2.05, 4.69) is 19.1 Å². The maximum atomic E-state index is 12.7. The lowest BCUT2D eigenvalue weighted by Crippen LogP contribution is -2.39. The van der Waals surface area contributed by atoms with Crippen molar-refractivity contribution in [1.29, 1.82) is 0 Å². The smallest absolute Gasteiger partial charge is 0.265 e. The molecule has 1 unspecified atom stereocenters. The van der Waals surface area contributed by atoms with Crippen molar-refractivity contribution in [1.82, 2.24) is 0 Å². The summed E-state index contributed by atoms with van der Waals surface area (Å²) in [7, 11) is 0. The molecule has 3 aromatic rings. The molecule has 3 nitrogen and oxygen atoms in total. The van der Waals surface area contributed by atoms with Gasteiger partial charge in [-0.2, -0.15) is 0 Å². The van der Waals surface area contributed by atoms with Gasteiger partial charge < -0.3 is 9.64 Å². The fourth-order valence-corrected chi connectivity index (χ4v) is 3.42. The van der Waals surface area contributed by atoms with Crippen LogP contribution in [0.5, 0.6) is 5.75 Å². The van der Waals surface area contributed by atoms with Crippen LogP contribution in [0.1, 0.15) is 12.5 Å². The standard InChI is InChI=1S/C21H19NO2/c1-15-12-18-8-4-5-9-20(18)22(15)21(23)14-24-19-11-10-16-6-2-3-7-17(16)13-19/h2-11,13,15H,12,14H2,1H3. The Bertz CT molecular complexity index is 903. The van der Waals surface area contributed by atoms with Crippen LogP contribution in [0.4, 0.5) is 5.69 Å². The van der Waals surface area contributed by atoms with Crippen LogP contribution in [0.3, 0.4) is 0 Å². The highest BCUT2D eigenvalue weighted by molar-refractivity contribution is 5.97. The van der Waals surface area contributed by atoms with Gasteiger partial charge in [-0.05, 0) is 47.9 Å². The number of anilines is 1. The molecule has 0 saturated carbocycles. The summed E-state index contributed by atoms with van der Waals surface area (Å²) in [4.78, 5) is 14.5. The molecule has 0 fully saturated rings. The van der Waals surface area contributed by atoms with E-state index in [-0.39, 0.29) is 18.6 Å². The third kappa shape index (κ3) is 2.62. The molecule has 0 aromatic heterocycles. The molecule has 1 aliphatic heterocycles. The molecule has 1 amide bonds. The second-order valence-corrected chi connectivity index (χ2v) is 6.24. The molecule has 0 aliphatic carbocycles. The van der Waals surface area contributed by atoms with Crippen LogP contribution in [0.25, 0.3) is 10.8 Å². The van der Waals surface area contributed by atoms with Crippen LogP contribution in [0.2, 0.25) is 0 Å². The second kappa shape index (κ2) is 6.00. The van der Waals surface area contributed by atoms with Crippen molar-refractivity contribution >= 4 is 22.4 Å². The number of fused-ring (bicyclic) bond motifs is 2. The largest absolute Gasteiger partial charge is 0.484 e. The molecule has 1 aliphatic rings. The molecular weight excluding hydrogens is 298 g/mol. The van der Waals surface area contributed by atoms with Gasteiger partial charge in [-0.1, -0.05) is 48.5 Å². The van der Waals surface area contributed by atoms with Crippen molar-refractivity contribution in [2.45, 2.75) is 19.4 Å². The normalized spacial score (nSPS) is 16.2. The highest BCUT2D eigenvalue weighted by atomic mass is 16.5. The predicted molar refractivity (Wildman–Crippen MR) is 96.5 cm³/mol. The number of amides is 1. The Kier molecular flexibility index (Phi) is 3.69. The van der Waals surface area contributed by atoms with Gasteiger partial charge in [0, 0.05) is 11.7 Å². The quantitative estimate of drug-likeness (QED) is 0.724. The van der Waals surface area contributed by atoms with Crippen LogP contribution < -0.4 is 9.64 Å². The molecule has 3 aromatic carbocycles. The molecule has 0 saturated heterocycles. The average Bonchev–Trinajstić information content (AvgIpc) is 2.95.